The van der Waals surface area contributed by atoms with Crippen molar-refractivity contribution in [1.82, 2.24) is 0 Å². The highest BCUT2D eigenvalue weighted by Crippen LogP contribution is 2.42. The summed E-state index contributed by atoms with van der Waals surface area (Å²) in [5.41, 5.74) is 9.52. The van der Waals surface area contributed by atoms with E-state index in [4.69, 9.17) is 4.74 Å². The molecule has 0 amide bonds. The monoisotopic (exact) mass is 1110 g/mol. The van der Waals surface area contributed by atoms with Crippen LogP contribution in [0.3, 0.4) is 0 Å². The van der Waals surface area contributed by atoms with Crippen LogP contribution >= 0.6 is 15.9 Å². The summed E-state index contributed by atoms with van der Waals surface area (Å²) in [5.74, 6) is 1.41. The fraction of sp³-hybridized carbons (Fsp3) is 0.284. The van der Waals surface area contributed by atoms with E-state index >= 15 is 0 Å². The van der Waals surface area contributed by atoms with Crippen molar-refractivity contribution >= 4 is 24.3 Å². The Morgan fingerprint density at radius 3 is 0.821 bits per heavy atom. The number of hydrogen-bond acceptors (Lipinski definition) is 9. The molecule has 1 heterocycles. The molecule has 405 valence electrons. The number of rotatable bonds is 13. The third-order valence-electron chi connectivity index (χ3n) is 15.5. The van der Waals surface area contributed by atoms with E-state index in [2.05, 4.69) is 78.2 Å². The van der Waals surface area contributed by atoms with Crippen LogP contribution in [0.4, 0.5) is 0 Å². The normalized spacial score (nSPS) is 13.2. The van der Waals surface area contributed by atoms with Gasteiger partial charge in [0.15, 0.2) is 0 Å². The van der Waals surface area contributed by atoms with E-state index in [0.29, 0.717) is 27.7 Å². The predicted octanol–water partition coefficient (Wildman–Crippen LogP) is 14.5. The van der Waals surface area contributed by atoms with Gasteiger partial charge in [0, 0.05) is 53.7 Å². The number of aromatic hydroxyl groups is 8. The first kappa shape index (κ1) is 59.9. The number of benzene rings is 8. The molecule has 1 aliphatic rings. The minimum absolute atomic E-state index is 0. The van der Waals surface area contributed by atoms with Crippen molar-refractivity contribution in [3.8, 4) is 46.0 Å². The highest BCUT2D eigenvalue weighted by atomic mass is 79.9. The lowest BCUT2D eigenvalue weighted by molar-refractivity contribution is -0.0854. The van der Waals surface area contributed by atoms with E-state index in [-0.39, 0.29) is 72.7 Å². The molecule has 0 spiro atoms. The Labute approximate surface area is 470 Å². The van der Waals surface area contributed by atoms with Crippen molar-refractivity contribution in [2.75, 3.05) is 18.5 Å². The van der Waals surface area contributed by atoms with Crippen LogP contribution in [0.15, 0.2) is 170 Å². The van der Waals surface area contributed by atoms with E-state index in [1.165, 1.54) is 0 Å². The van der Waals surface area contributed by atoms with E-state index in [1.54, 1.807) is 72.8 Å². The standard InChI is InChI=1S/C47H48O6.C15H16O2.C5H9BrO.B/c1-45(2,33-7-15-39(48)16-8-33)36-13-21-42(51)29(25-36)23-31-27-38(47(5,6)35-11-19-41(50)20-12-35)28-32(44(31)53)24-30-26-37(14-22-43(30)52)46(3,4)34-9-17-40(49)18-10-34;1-15(2,11-3-7-13(16)8-4-11)12-5-9-14(17)10-6-12;1-5(2-6)3-7-4-5;/h7-22,25-28,48-53H,23-24H2,1-6H3;3-10,16-17H,1-2H3;2-4H2,1H3;. The fourth-order valence-corrected chi connectivity index (χ4v) is 9.94. The molecular weight excluding hydrogens is 1040 g/mol. The first-order chi connectivity index (χ1) is 36.2. The number of ether oxygens (including phenoxy) is 1. The van der Waals surface area contributed by atoms with Crippen LogP contribution in [0.25, 0.3) is 0 Å². The number of alkyl halides is 1. The molecule has 0 aliphatic carbocycles. The van der Waals surface area contributed by atoms with Crippen molar-refractivity contribution in [3.63, 3.8) is 0 Å². The molecule has 1 fully saturated rings. The molecule has 78 heavy (non-hydrogen) atoms. The smallest absolute Gasteiger partial charge is 0.122 e. The van der Waals surface area contributed by atoms with Crippen LogP contribution in [0.5, 0.6) is 46.0 Å². The molecule has 0 atom stereocenters. The summed E-state index contributed by atoms with van der Waals surface area (Å²) in [4.78, 5) is 0. The molecule has 3 radical (unpaired) electrons. The second kappa shape index (κ2) is 24.1. The summed E-state index contributed by atoms with van der Waals surface area (Å²) in [7, 11) is 0. The number of phenolic OH excluding ortho intramolecular Hbond substituents is 8. The predicted molar refractivity (Wildman–Crippen MR) is 317 cm³/mol. The van der Waals surface area contributed by atoms with Crippen LogP contribution in [0.2, 0.25) is 0 Å². The van der Waals surface area contributed by atoms with Gasteiger partial charge in [0.05, 0.1) is 13.2 Å². The molecule has 1 saturated heterocycles. The van der Waals surface area contributed by atoms with Crippen LogP contribution in [-0.4, -0.2) is 67.8 Å². The third kappa shape index (κ3) is 13.7. The Bertz CT molecular complexity index is 3090. The fourth-order valence-electron chi connectivity index (χ4n) is 9.62. The summed E-state index contributed by atoms with van der Waals surface area (Å²) in [6, 6.07) is 50.9. The molecule has 11 heteroatoms. The van der Waals surface area contributed by atoms with Crippen molar-refractivity contribution in [2.45, 2.75) is 96.8 Å². The van der Waals surface area contributed by atoms with E-state index in [1.807, 2.05) is 97.1 Å². The lowest BCUT2D eigenvalue weighted by Crippen LogP contribution is -2.40. The Morgan fingerprint density at radius 1 is 0.359 bits per heavy atom. The summed E-state index contributed by atoms with van der Waals surface area (Å²) in [5, 5.41) is 83.8. The Morgan fingerprint density at radius 2 is 0.590 bits per heavy atom. The number of hydrogen-bond donors (Lipinski definition) is 8. The van der Waals surface area contributed by atoms with Gasteiger partial charge in [0.1, 0.15) is 46.0 Å². The largest absolute Gasteiger partial charge is 0.508 e. The lowest BCUT2D eigenvalue weighted by atomic mass is 9.75. The highest BCUT2D eigenvalue weighted by Gasteiger charge is 2.32. The quantitative estimate of drug-likeness (QED) is 0.0413. The third-order valence-corrected chi connectivity index (χ3v) is 16.9. The molecular formula is C67H73BBrO9. The molecule has 9 nitrogen and oxygen atoms in total. The average Bonchev–Trinajstić information content (AvgIpc) is 3.40. The first-order valence-electron chi connectivity index (χ1n) is 25.8. The van der Waals surface area contributed by atoms with Crippen molar-refractivity contribution in [2.24, 2.45) is 5.41 Å². The van der Waals surface area contributed by atoms with Gasteiger partial charge in [0.2, 0.25) is 0 Å². The maximum atomic E-state index is 12.0. The van der Waals surface area contributed by atoms with Gasteiger partial charge in [-0.25, -0.2) is 0 Å². The van der Waals surface area contributed by atoms with Crippen molar-refractivity contribution in [1.29, 1.82) is 0 Å². The Balaban J connectivity index is 0.000000322. The summed E-state index contributed by atoms with van der Waals surface area (Å²) >= 11 is 3.40. The zero-order valence-electron chi connectivity index (χ0n) is 46.1. The molecule has 0 aromatic heterocycles. The van der Waals surface area contributed by atoms with Gasteiger partial charge in [-0.15, -0.1) is 0 Å². The van der Waals surface area contributed by atoms with Gasteiger partial charge >= 0.3 is 0 Å². The van der Waals surface area contributed by atoms with E-state index < -0.39 is 16.2 Å². The van der Waals surface area contributed by atoms with Gasteiger partial charge in [0.25, 0.3) is 0 Å². The molecule has 0 bridgehead atoms. The van der Waals surface area contributed by atoms with Gasteiger partial charge in [-0.1, -0.05) is 175 Å². The Hall–Kier alpha value is -7.34. The molecule has 0 unspecified atom stereocenters. The molecule has 8 aromatic rings. The Kier molecular flexibility index (Phi) is 18.5. The van der Waals surface area contributed by atoms with Crippen LogP contribution in [0.1, 0.15) is 129 Å². The number of phenols is 8. The summed E-state index contributed by atoms with van der Waals surface area (Å²) in [6.07, 6.45) is 0.479. The molecule has 9 rings (SSSR count). The SMILES string of the molecule is CC(C)(c1ccc(O)cc1)c1ccc(O)c(Cc2cc(C(C)(C)c3ccc(O)cc3)cc(Cc3cc(C(C)(C)c4ccc(O)cc4)ccc3O)c2O)c1.CC(C)(c1ccc(O)cc1)c1ccc(O)cc1.CC1(CBr)COC1.[B]. The first-order valence-corrected chi connectivity index (χ1v) is 27.0. The maximum absolute atomic E-state index is 12.0. The topological polar surface area (TPSA) is 171 Å². The number of halogens is 1. The summed E-state index contributed by atoms with van der Waals surface area (Å²) < 4.78 is 5.00. The highest BCUT2D eigenvalue weighted by molar-refractivity contribution is 9.09. The lowest BCUT2D eigenvalue weighted by Gasteiger charge is -2.36. The zero-order chi connectivity index (χ0) is 56.1. The second-order valence-electron chi connectivity index (χ2n) is 22.9. The molecule has 8 N–H and O–H groups in total. The van der Waals surface area contributed by atoms with E-state index in [9.17, 15) is 40.9 Å². The van der Waals surface area contributed by atoms with Gasteiger partial charge < -0.3 is 45.6 Å². The van der Waals surface area contributed by atoms with Crippen molar-refractivity contribution in [3.05, 3.63) is 237 Å². The van der Waals surface area contributed by atoms with Crippen LogP contribution in [-0.2, 0) is 39.2 Å². The molecule has 1 aliphatic heterocycles. The van der Waals surface area contributed by atoms with Gasteiger partial charge in [-0.2, -0.15) is 0 Å². The second-order valence-corrected chi connectivity index (χ2v) is 23.4. The van der Waals surface area contributed by atoms with Crippen molar-refractivity contribution < 1.29 is 45.6 Å². The van der Waals surface area contributed by atoms with Gasteiger partial charge in [-0.3, -0.25) is 0 Å². The van der Waals surface area contributed by atoms with Gasteiger partial charge in [-0.05, 0) is 140 Å². The van der Waals surface area contributed by atoms with Crippen LogP contribution < -0.4 is 0 Å². The maximum Gasteiger partial charge on any atom is 0.122 e. The minimum atomic E-state index is -0.541. The summed E-state index contributed by atoms with van der Waals surface area (Å²) in [6.45, 7) is 20.9. The van der Waals surface area contributed by atoms with Crippen LogP contribution in [0, 0.1) is 5.41 Å². The zero-order valence-corrected chi connectivity index (χ0v) is 47.7. The molecule has 0 saturated carbocycles. The molecule has 8 aromatic carbocycles. The minimum Gasteiger partial charge on any atom is -0.508 e. The van der Waals surface area contributed by atoms with E-state index in [0.717, 1.165) is 63.1 Å². The average molecular weight is 1110 g/mol.